The summed E-state index contributed by atoms with van der Waals surface area (Å²) in [5.41, 5.74) is -0.0999. The molecular weight excluding hydrogens is 589 g/mol. The lowest BCUT2D eigenvalue weighted by molar-refractivity contribution is 0.00613. The molecule has 0 atom stereocenters. The highest BCUT2D eigenvalue weighted by Gasteiger charge is 2.32. The molecule has 0 unspecified atom stereocenters. The molecule has 2 saturated heterocycles. The fourth-order valence-electron chi connectivity index (χ4n) is 4.08. The maximum Gasteiger partial charge on any atom is 0.301 e. The maximum absolute atomic E-state index is 14.7. The van der Waals surface area contributed by atoms with Crippen molar-refractivity contribution in [1.29, 1.82) is 0 Å². The molecule has 180 valence electrons. The summed E-state index contributed by atoms with van der Waals surface area (Å²) in [7, 11) is -3.97. The molecule has 12 heteroatoms. The Morgan fingerprint density at radius 3 is 2.36 bits per heavy atom. The monoisotopic (exact) mass is 612 g/mol. The highest BCUT2D eigenvalue weighted by molar-refractivity contribution is 14.1. The topological polar surface area (TPSA) is 73.9 Å². The Morgan fingerprint density at radius 1 is 1.03 bits per heavy atom. The number of halogens is 4. The Bertz CT molecular complexity index is 1110. The standard InChI is InChI=1S/C21H24ClF2IN4O3S/c22-16-13-14(25)1-3-18(16)26-21-19(4-2-17(23)20(21)24)27-33(30,31)29-7-5-15(6-8-29)28-9-11-32-12-10-28/h1-4,13,15,26-27H,5-12H2. The highest BCUT2D eigenvalue weighted by Crippen LogP contribution is 2.35. The van der Waals surface area contributed by atoms with Crippen molar-refractivity contribution in [2.24, 2.45) is 0 Å². The van der Waals surface area contributed by atoms with Gasteiger partial charge in [-0.1, -0.05) is 11.6 Å². The number of nitrogens with one attached hydrogen (secondary N) is 2. The predicted octanol–water partition coefficient (Wildman–Crippen LogP) is 4.42. The molecule has 0 aliphatic carbocycles. The molecule has 4 rings (SSSR count). The fourth-order valence-corrected chi connectivity index (χ4v) is 6.25. The Labute approximate surface area is 210 Å². The van der Waals surface area contributed by atoms with Crippen molar-refractivity contribution in [3.63, 3.8) is 0 Å². The molecule has 2 fully saturated rings. The molecule has 0 amide bonds. The van der Waals surface area contributed by atoms with E-state index >= 15 is 0 Å². The Morgan fingerprint density at radius 2 is 1.70 bits per heavy atom. The number of hydrogen-bond donors (Lipinski definition) is 2. The van der Waals surface area contributed by atoms with Gasteiger partial charge in [-0.05, 0) is 65.8 Å². The van der Waals surface area contributed by atoms with Crippen molar-refractivity contribution in [2.75, 3.05) is 49.4 Å². The van der Waals surface area contributed by atoms with Crippen molar-refractivity contribution in [3.05, 3.63) is 50.6 Å². The molecule has 0 saturated carbocycles. The number of nitrogens with zero attached hydrogens (tertiary/aromatic N) is 2. The van der Waals surface area contributed by atoms with Gasteiger partial charge in [0.2, 0.25) is 0 Å². The highest BCUT2D eigenvalue weighted by atomic mass is 127. The molecule has 7 nitrogen and oxygen atoms in total. The van der Waals surface area contributed by atoms with E-state index in [1.807, 2.05) is 0 Å². The van der Waals surface area contributed by atoms with Gasteiger partial charge in [-0.15, -0.1) is 0 Å². The van der Waals surface area contributed by atoms with E-state index in [0.29, 0.717) is 55.9 Å². The smallest absolute Gasteiger partial charge is 0.301 e. The summed E-state index contributed by atoms with van der Waals surface area (Å²) in [5.74, 6) is -2.30. The molecular formula is C21H24ClF2IN4O3S. The summed E-state index contributed by atoms with van der Waals surface area (Å²) in [4.78, 5) is 2.34. The molecule has 33 heavy (non-hydrogen) atoms. The molecule has 0 radical (unpaired) electrons. The third-order valence-electron chi connectivity index (χ3n) is 5.85. The second-order valence-corrected chi connectivity index (χ2v) is 11.2. The lowest BCUT2D eigenvalue weighted by atomic mass is 10.0. The van der Waals surface area contributed by atoms with Gasteiger partial charge in [-0.2, -0.15) is 12.7 Å². The van der Waals surface area contributed by atoms with Crippen molar-refractivity contribution < 1.29 is 21.9 Å². The molecule has 0 bridgehead atoms. The van der Waals surface area contributed by atoms with Crippen LogP contribution >= 0.6 is 34.2 Å². The van der Waals surface area contributed by atoms with Gasteiger partial charge in [-0.25, -0.2) is 8.78 Å². The molecule has 2 N–H and O–H groups in total. The SMILES string of the molecule is O=S(=O)(Nc1ccc(F)c(F)c1Nc1ccc(I)cc1Cl)N1CCC(N2CCOCC2)CC1. The first-order valence-electron chi connectivity index (χ1n) is 10.5. The van der Waals surface area contributed by atoms with Crippen LogP contribution in [0.25, 0.3) is 0 Å². The zero-order chi connectivity index (χ0) is 23.6. The van der Waals surface area contributed by atoms with E-state index in [-0.39, 0.29) is 11.4 Å². The second kappa shape index (κ2) is 10.6. The van der Waals surface area contributed by atoms with E-state index in [4.69, 9.17) is 16.3 Å². The van der Waals surface area contributed by atoms with Gasteiger partial charge in [0, 0.05) is 35.8 Å². The van der Waals surface area contributed by atoms with Crippen LogP contribution < -0.4 is 10.0 Å². The van der Waals surface area contributed by atoms with Gasteiger partial charge in [0.1, 0.15) is 5.69 Å². The van der Waals surface area contributed by atoms with Crippen LogP contribution in [0, 0.1) is 15.2 Å². The molecule has 0 aromatic heterocycles. The van der Waals surface area contributed by atoms with Crippen LogP contribution in [0.2, 0.25) is 5.02 Å². The van der Waals surface area contributed by atoms with Crippen LogP contribution in [0.4, 0.5) is 25.8 Å². The van der Waals surface area contributed by atoms with Gasteiger partial charge < -0.3 is 10.1 Å². The number of benzene rings is 2. The summed E-state index contributed by atoms with van der Waals surface area (Å²) in [6.07, 6.45) is 1.39. The van der Waals surface area contributed by atoms with Crippen LogP contribution in [0.5, 0.6) is 0 Å². The lowest BCUT2D eigenvalue weighted by Crippen LogP contribution is -2.50. The molecule has 2 aromatic carbocycles. The summed E-state index contributed by atoms with van der Waals surface area (Å²) in [6, 6.07) is 7.41. The summed E-state index contributed by atoms with van der Waals surface area (Å²) >= 11 is 8.29. The Balaban J connectivity index is 1.50. The fraction of sp³-hybridized carbons (Fsp3) is 0.429. The molecule has 0 spiro atoms. The van der Waals surface area contributed by atoms with Crippen LogP contribution in [-0.2, 0) is 14.9 Å². The van der Waals surface area contributed by atoms with Gasteiger partial charge in [0.15, 0.2) is 11.6 Å². The van der Waals surface area contributed by atoms with Gasteiger partial charge >= 0.3 is 10.2 Å². The molecule has 2 aromatic rings. The Kier molecular flexibility index (Phi) is 7.96. The summed E-state index contributed by atoms with van der Waals surface area (Å²) < 4.78 is 64.8. The quantitative estimate of drug-likeness (QED) is 0.473. The van der Waals surface area contributed by atoms with Crippen molar-refractivity contribution in [3.8, 4) is 0 Å². The minimum absolute atomic E-state index is 0.0983. The first-order valence-corrected chi connectivity index (χ1v) is 13.4. The number of anilines is 3. The zero-order valence-electron chi connectivity index (χ0n) is 17.7. The predicted molar refractivity (Wildman–Crippen MR) is 133 cm³/mol. The maximum atomic E-state index is 14.7. The van der Waals surface area contributed by atoms with Crippen LogP contribution in [-0.4, -0.2) is 63.1 Å². The van der Waals surface area contributed by atoms with E-state index in [2.05, 4.69) is 37.5 Å². The minimum atomic E-state index is -3.97. The number of rotatable bonds is 6. The Hall–Kier alpha value is -1.25. The van der Waals surface area contributed by atoms with E-state index in [1.165, 1.54) is 10.4 Å². The minimum Gasteiger partial charge on any atom is -0.379 e. The molecule has 2 aliphatic rings. The van der Waals surface area contributed by atoms with Gasteiger partial charge in [-0.3, -0.25) is 9.62 Å². The first kappa shape index (κ1) is 24.9. The third kappa shape index (κ3) is 5.88. The van der Waals surface area contributed by atoms with Gasteiger partial charge in [0.25, 0.3) is 0 Å². The zero-order valence-corrected chi connectivity index (χ0v) is 21.4. The van der Waals surface area contributed by atoms with Crippen molar-refractivity contribution in [1.82, 2.24) is 9.21 Å². The van der Waals surface area contributed by atoms with Gasteiger partial charge in [0.05, 0.1) is 29.6 Å². The normalized spacial score (nSPS) is 18.9. The average molecular weight is 613 g/mol. The van der Waals surface area contributed by atoms with E-state index in [1.54, 1.807) is 18.2 Å². The molecule has 2 aliphatic heterocycles. The number of morpholine rings is 1. The average Bonchev–Trinajstić information content (AvgIpc) is 2.80. The number of hydrogen-bond acceptors (Lipinski definition) is 5. The van der Waals surface area contributed by atoms with Crippen molar-refractivity contribution in [2.45, 2.75) is 18.9 Å². The lowest BCUT2D eigenvalue weighted by Gasteiger charge is -2.39. The largest absolute Gasteiger partial charge is 0.379 e. The molecule has 2 heterocycles. The summed E-state index contributed by atoms with van der Waals surface area (Å²) in [6.45, 7) is 3.76. The van der Waals surface area contributed by atoms with Crippen LogP contribution in [0.3, 0.4) is 0 Å². The van der Waals surface area contributed by atoms with Crippen LogP contribution in [0.15, 0.2) is 30.3 Å². The van der Waals surface area contributed by atoms with E-state index in [0.717, 1.165) is 22.7 Å². The van der Waals surface area contributed by atoms with E-state index in [9.17, 15) is 17.2 Å². The van der Waals surface area contributed by atoms with Crippen molar-refractivity contribution >= 4 is 61.5 Å². The first-order chi connectivity index (χ1) is 15.7. The third-order valence-corrected chi connectivity index (χ3v) is 8.36. The summed E-state index contributed by atoms with van der Waals surface area (Å²) in [5, 5.41) is 3.03. The number of ether oxygens (including phenoxy) is 1. The second-order valence-electron chi connectivity index (χ2n) is 7.92. The number of piperidine rings is 1. The van der Waals surface area contributed by atoms with Crippen LogP contribution in [0.1, 0.15) is 12.8 Å². The van der Waals surface area contributed by atoms with E-state index < -0.39 is 21.8 Å².